The zero-order valence-corrected chi connectivity index (χ0v) is 12.2. The molecule has 1 aromatic carbocycles. The van der Waals surface area contributed by atoms with Crippen LogP contribution in [0.1, 0.15) is 45.1 Å². The molecule has 1 rings (SSSR count). The predicted octanol–water partition coefficient (Wildman–Crippen LogP) is 3.82. The van der Waals surface area contributed by atoms with E-state index in [1.54, 1.807) is 0 Å². The Kier molecular flexibility index (Phi) is 6.24. The molecule has 0 spiro atoms. The molecule has 0 aliphatic rings. The summed E-state index contributed by atoms with van der Waals surface area (Å²) < 4.78 is 4.82. The molecule has 3 nitrogen and oxygen atoms in total. The van der Waals surface area contributed by atoms with Crippen LogP contribution in [0.25, 0.3) is 0 Å². The molecule has 0 saturated heterocycles. The Hall–Kier alpha value is -0.470. The standard InChI is InChI=1S/C14H23O3P/c1-14(2,3)13(10-7-11-17-18(15)16)12-8-5-4-6-9-12/h4-6,8-9,13,15-16H,7,10-11H2,1-3H3. The summed E-state index contributed by atoms with van der Waals surface area (Å²) in [5.41, 5.74) is 1.52. The van der Waals surface area contributed by atoms with Crippen molar-refractivity contribution >= 4 is 8.60 Å². The van der Waals surface area contributed by atoms with Crippen LogP contribution in [-0.2, 0) is 4.52 Å². The summed E-state index contributed by atoms with van der Waals surface area (Å²) in [4.78, 5) is 17.4. The van der Waals surface area contributed by atoms with Crippen molar-refractivity contribution in [3.05, 3.63) is 35.9 Å². The van der Waals surface area contributed by atoms with Crippen LogP contribution in [0.15, 0.2) is 30.3 Å². The lowest BCUT2D eigenvalue weighted by Gasteiger charge is -2.31. The summed E-state index contributed by atoms with van der Waals surface area (Å²) in [6.45, 7) is 7.10. The first-order valence-electron chi connectivity index (χ1n) is 6.27. The molecule has 2 N–H and O–H groups in total. The topological polar surface area (TPSA) is 49.7 Å². The molecular weight excluding hydrogens is 247 g/mol. The molecule has 0 amide bonds. The maximum absolute atomic E-state index is 8.69. The highest BCUT2D eigenvalue weighted by atomic mass is 31.2. The van der Waals surface area contributed by atoms with Gasteiger partial charge in [-0.2, -0.15) is 0 Å². The van der Waals surface area contributed by atoms with E-state index in [2.05, 4.69) is 45.0 Å². The quantitative estimate of drug-likeness (QED) is 0.610. The minimum absolute atomic E-state index is 0.185. The smallest absolute Gasteiger partial charge is 0.327 e. The van der Waals surface area contributed by atoms with Gasteiger partial charge >= 0.3 is 8.60 Å². The fraction of sp³-hybridized carbons (Fsp3) is 0.571. The zero-order chi connectivity index (χ0) is 13.6. The molecule has 1 aromatic rings. The van der Waals surface area contributed by atoms with Crippen LogP contribution >= 0.6 is 8.60 Å². The van der Waals surface area contributed by atoms with Crippen LogP contribution in [-0.4, -0.2) is 16.4 Å². The lowest BCUT2D eigenvalue weighted by molar-refractivity contribution is 0.231. The summed E-state index contributed by atoms with van der Waals surface area (Å²) >= 11 is 0. The van der Waals surface area contributed by atoms with Crippen molar-refractivity contribution in [2.24, 2.45) is 5.41 Å². The molecule has 4 heteroatoms. The molecule has 0 aliphatic carbocycles. The largest absolute Gasteiger partial charge is 0.328 e. The fourth-order valence-electron chi connectivity index (χ4n) is 2.22. The third-order valence-corrected chi connectivity index (χ3v) is 3.50. The van der Waals surface area contributed by atoms with Crippen LogP contribution in [0, 0.1) is 5.41 Å². The van der Waals surface area contributed by atoms with Crippen molar-refractivity contribution in [1.29, 1.82) is 0 Å². The average Bonchev–Trinajstić information content (AvgIpc) is 2.28. The Morgan fingerprint density at radius 2 is 1.78 bits per heavy atom. The van der Waals surface area contributed by atoms with E-state index >= 15 is 0 Å². The Morgan fingerprint density at radius 1 is 1.17 bits per heavy atom. The number of rotatable bonds is 6. The van der Waals surface area contributed by atoms with Gasteiger partial charge in [0.15, 0.2) is 0 Å². The molecule has 0 aromatic heterocycles. The molecule has 0 radical (unpaired) electrons. The van der Waals surface area contributed by atoms with Crippen molar-refractivity contribution in [3.63, 3.8) is 0 Å². The first kappa shape index (κ1) is 15.6. The first-order valence-corrected chi connectivity index (χ1v) is 7.43. The van der Waals surface area contributed by atoms with Gasteiger partial charge in [-0.1, -0.05) is 51.1 Å². The molecule has 1 unspecified atom stereocenters. The Bertz CT molecular complexity index is 333. The fourth-order valence-corrected chi connectivity index (χ4v) is 2.51. The maximum Gasteiger partial charge on any atom is 0.327 e. The van der Waals surface area contributed by atoms with Gasteiger partial charge in [0, 0.05) is 0 Å². The SMILES string of the molecule is CC(C)(C)C(CCCOP(O)O)c1ccccc1. The molecule has 0 saturated carbocycles. The third kappa shape index (κ3) is 5.45. The van der Waals surface area contributed by atoms with Gasteiger partial charge in [-0.3, -0.25) is 0 Å². The van der Waals surface area contributed by atoms with Crippen molar-refractivity contribution in [3.8, 4) is 0 Å². The molecular formula is C14H23O3P. The monoisotopic (exact) mass is 270 g/mol. The van der Waals surface area contributed by atoms with Gasteiger partial charge < -0.3 is 14.3 Å². The predicted molar refractivity (Wildman–Crippen MR) is 75.2 cm³/mol. The van der Waals surface area contributed by atoms with E-state index in [-0.39, 0.29) is 5.41 Å². The molecule has 102 valence electrons. The van der Waals surface area contributed by atoms with Crippen LogP contribution < -0.4 is 0 Å². The summed E-state index contributed by atoms with van der Waals surface area (Å²) in [6.07, 6.45) is 1.81. The highest BCUT2D eigenvalue weighted by Gasteiger charge is 2.25. The zero-order valence-electron chi connectivity index (χ0n) is 11.3. The highest BCUT2D eigenvalue weighted by molar-refractivity contribution is 7.39. The average molecular weight is 270 g/mol. The minimum atomic E-state index is -2.21. The molecule has 0 aliphatic heterocycles. The summed E-state index contributed by atoms with van der Waals surface area (Å²) in [5.74, 6) is 0.450. The number of hydrogen-bond donors (Lipinski definition) is 2. The first-order chi connectivity index (χ1) is 8.41. The van der Waals surface area contributed by atoms with Crippen LogP contribution in [0.5, 0.6) is 0 Å². The Labute approximate surface area is 111 Å². The third-order valence-electron chi connectivity index (χ3n) is 3.09. The van der Waals surface area contributed by atoms with Crippen LogP contribution in [0.4, 0.5) is 0 Å². The molecule has 18 heavy (non-hydrogen) atoms. The van der Waals surface area contributed by atoms with Gasteiger partial charge in [-0.25, -0.2) is 0 Å². The van der Waals surface area contributed by atoms with Gasteiger partial charge in [-0.15, -0.1) is 0 Å². The summed E-state index contributed by atoms with van der Waals surface area (Å²) in [5, 5.41) is 0. The molecule has 1 atom stereocenters. The van der Waals surface area contributed by atoms with Gasteiger partial charge in [-0.05, 0) is 29.7 Å². The maximum atomic E-state index is 8.69. The van der Waals surface area contributed by atoms with Crippen molar-refractivity contribution in [2.75, 3.05) is 6.61 Å². The van der Waals surface area contributed by atoms with Gasteiger partial charge in [0.2, 0.25) is 0 Å². The summed E-state index contributed by atoms with van der Waals surface area (Å²) in [7, 11) is -2.21. The van der Waals surface area contributed by atoms with Gasteiger partial charge in [0.1, 0.15) is 0 Å². The Morgan fingerprint density at radius 3 is 2.28 bits per heavy atom. The Balaban J connectivity index is 2.58. The second-order valence-corrected chi connectivity index (χ2v) is 6.32. The van der Waals surface area contributed by atoms with Gasteiger partial charge in [0.05, 0.1) is 6.61 Å². The number of hydrogen-bond acceptors (Lipinski definition) is 3. The second-order valence-electron chi connectivity index (χ2n) is 5.56. The van der Waals surface area contributed by atoms with E-state index in [0.29, 0.717) is 12.5 Å². The lowest BCUT2D eigenvalue weighted by atomic mass is 9.74. The van der Waals surface area contributed by atoms with Crippen molar-refractivity contribution in [1.82, 2.24) is 0 Å². The van der Waals surface area contributed by atoms with E-state index in [1.165, 1.54) is 5.56 Å². The van der Waals surface area contributed by atoms with E-state index in [1.807, 2.05) is 6.07 Å². The lowest BCUT2D eigenvalue weighted by Crippen LogP contribution is -2.19. The van der Waals surface area contributed by atoms with Crippen LogP contribution in [0.2, 0.25) is 0 Å². The van der Waals surface area contributed by atoms with E-state index in [4.69, 9.17) is 14.3 Å². The molecule has 0 fully saturated rings. The van der Waals surface area contributed by atoms with E-state index in [9.17, 15) is 0 Å². The molecule has 0 heterocycles. The minimum Gasteiger partial charge on any atom is -0.328 e. The van der Waals surface area contributed by atoms with E-state index in [0.717, 1.165) is 12.8 Å². The van der Waals surface area contributed by atoms with E-state index < -0.39 is 8.60 Å². The van der Waals surface area contributed by atoms with Crippen LogP contribution in [0.3, 0.4) is 0 Å². The second kappa shape index (κ2) is 7.20. The normalized spacial score (nSPS) is 13.9. The van der Waals surface area contributed by atoms with Crippen molar-refractivity contribution in [2.45, 2.75) is 39.5 Å². The van der Waals surface area contributed by atoms with Gasteiger partial charge in [0.25, 0.3) is 0 Å². The highest BCUT2D eigenvalue weighted by Crippen LogP contribution is 2.38. The van der Waals surface area contributed by atoms with Crippen molar-refractivity contribution < 1.29 is 14.3 Å². The number of benzene rings is 1. The molecule has 0 bridgehead atoms. The summed E-state index contributed by atoms with van der Waals surface area (Å²) in [6, 6.07) is 10.5.